The number of aromatic nitrogens is 1. The lowest BCUT2D eigenvalue weighted by molar-refractivity contribution is -0.135. The van der Waals surface area contributed by atoms with Crippen LogP contribution in [0.3, 0.4) is 0 Å². The Hall–Kier alpha value is -1.99. The number of carbonyl (C=O) groups is 2. The van der Waals surface area contributed by atoms with Crippen LogP contribution in [0.15, 0.2) is 24.5 Å². The number of hydrogen-bond acceptors (Lipinski definition) is 5. The van der Waals surface area contributed by atoms with Gasteiger partial charge in [0.05, 0.1) is 12.1 Å². The fourth-order valence-electron chi connectivity index (χ4n) is 4.16. The van der Waals surface area contributed by atoms with E-state index in [1.165, 1.54) is 19.3 Å². The maximum absolute atomic E-state index is 12.6. The van der Waals surface area contributed by atoms with Crippen LogP contribution < -0.4 is 0 Å². The van der Waals surface area contributed by atoms with Gasteiger partial charge in [-0.25, -0.2) is 0 Å². The molecule has 0 N–H and O–H groups in total. The first-order valence-corrected chi connectivity index (χ1v) is 10.1. The Morgan fingerprint density at radius 1 is 0.963 bits per heavy atom. The first-order valence-electron chi connectivity index (χ1n) is 10.1. The van der Waals surface area contributed by atoms with Crippen molar-refractivity contribution in [3.63, 3.8) is 0 Å². The van der Waals surface area contributed by atoms with E-state index in [4.69, 9.17) is 0 Å². The minimum Gasteiger partial charge on any atom is -0.339 e. The molecule has 27 heavy (non-hydrogen) atoms. The molecular weight excluding hydrogens is 342 g/mol. The molecular formula is C20H29N5O2. The average molecular weight is 371 g/mol. The number of carbonyl (C=O) groups excluding carboxylic acids is 2. The molecule has 7 nitrogen and oxygen atoms in total. The molecule has 1 aromatic heterocycles. The summed E-state index contributed by atoms with van der Waals surface area (Å²) in [6, 6.07) is 4.36. The molecule has 0 unspecified atom stereocenters. The third-order valence-corrected chi connectivity index (χ3v) is 6.18. The average Bonchev–Trinajstić information content (AvgIpc) is 2.68. The van der Waals surface area contributed by atoms with Gasteiger partial charge in [-0.3, -0.25) is 24.4 Å². The molecule has 0 radical (unpaired) electrons. The van der Waals surface area contributed by atoms with Crippen LogP contribution >= 0.6 is 0 Å². The summed E-state index contributed by atoms with van der Waals surface area (Å²) in [5, 5.41) is 0. The molecule has 2 aliphatic heterocycles. The standard InChI is InChI=1S/C20H29N5O2/c26-19(24-13-11-23(12-14-24)18-4-1-5-18)16-22-7-9-25(10-8-22)20(27)17-3-2-6-21-15-17/h2-3,6,15,18H,1,4-5,7-14,16H2. The SMILES string of the molecule is O=C(CN1CCN(C(=O)c2cccnc2)CC1)N1CCN(C2CCC2)CC1. The highest BCUT2D eigenvalue weighted by Crippen LogP contribution is 2.25. The summed E-state index contributed by atoms with van der Waals surface area (Å²) in [7, 11) is 0. The quantitative estimate of drug-likeness (QED) is 0.773. The Morgan fingerprint density at radius 3 is 2.26 bits per heavy atom. The first kappa shape index (κ1) is 18.4. The van der Waals surface area contributed by atoms with Crippen LogP contribution in [-0.4, -0.2) is 101 Å². The predicted octanol–water partition coefficient (Wildman–Crippen LogP) is 0.536. The second-order valence-electron chi connectivity index (χ2n) is 7.81. The monoisotopic (exact) mass is 371 g/mol. The summed E-state index contributed by atoms with van der Waals surface area (Å²) < 4.78 is 0. The molecule has 0 spiro atoms. The largest absolute Gasteiger partial charge is 0.339 e. The highest BCUT2D eigenvalue weighted by molar-refractivity contribution is 5.94. The molecule has 146 valence electrons. The third-order valence-electron chi connectivity index (χ3n) is 6.18. The normalized spacial score (nSPS) is 22.5. The zero-order chi connectivity index (χ0) is 18.6. The fourth-order valence-corrected chi connectivity index (χ4v) is 4.16. The van der Waals surface area contributed by atoms with Gasteiger partial charge < -0.3 is 9.80 Å². The molecule has 0 bridgehead atoms. The van der Waals surface area contributed by atoms with Crippen LogP contribution in [0, 0.1) is 0 Å². The number of piperazine rings is 2. The molecule has 7 heteroatoms. The number of amides is 2. The van der Waals surface area contributed by atoms with E-state index in [2.05, 4.69) is 14.8 Å². The molecule has 0 aromatic carbocycles. The van der Waals surface area contributed by atoms with Crippen molar-refractivity contribution in [2.75, 3.05) is 58.9 Å². The Labute approximate surface area is 160 Å². The molecule has 1 aliphatic carbocycles. The van der Waals surface area contributed by atoms with E-state index in [0.717, 1.165) is 45.3 Å². The summed E-state index contributed by atoms with van der Waals surface area (Å²) in [6.45, 7) is 7.04. The highest BCUT2D eigenvalue weighted by Gasteiger charge is 2.30. The molecule has 4 rings (SSSR count). The fraction of sp³-hybridized carbons (Fsp3) is 0.650. The van der Waals surface area contributed by atoms with Crippen LogP contribution in [0.4, 0.5) is 0 Å². The van der Waals surface area contributed by atoms with Gasteiger partial charge in [-0.15, -0.1) is 0 Å². The van der Waals surface area contributed by atoms with Crippen molar-refractivity contribution in [3.8, 4) is 0 Å². The van der Waals surface area contributed by atoms with Crippen LogP contribution in [0.2, 0.25) is 0 Å². The van der Waals surface area contributed by atoms with Crippen LogP contribution in [0.1, 0.15) is 29.6 Å². The first-order chi connectivity index (χ1) is 13.2. The Bertz CT molecular complexity index is 648. The molecule has 1 aromatic rings. The summed E-state index contributed by atoms with van der Waals surface area (Å²) in [5.41, 5.74) is 0.631. The van der Waals surface area contributed by atoms with Crippen molar-refractivity contribution >= 4 is 11.8 Å². The second-order valence-corrected chi connectivity index (χ2v) is 7.81. The van der Waals surface area contributed by atoms with E-state index in [1.54, 1.807) is 24.5 Å². The van der Waals surface area contributed by atoms with E-state index < -0.39 is 0 Å². The predicted molar refractivity (Wildman–Crippen MR) is 102 cm³/mol. The van der Waals surface area contributed by atoms with Crippen molar-refractivity contribution < 1.29 is 9.59 Å². The number of hydrogen-bond donors (Lipinski definition) is 0. The third kappa shape index (κ3) is 4.30. The van der Waals surface area contributed by atoms with Gasteiger partial charge in [-0.1, -0.05) is 6.42 Å². The van der Waals surface area contributed by atoms with Crippen molar-refractivity contribution in [1.29, 1.82) is 0 Å². The van der Waals surface area contributed by atoms with E-state index in [9.17, 15) is 9.59 Å². The summed E-state index contributed by atoms with van der Waals surface area (Å²) in [5.74, 6) is 0.261. The van der Waals surface area contributed by atoms with Crippen LogP contribution in [0.5, 0.6) is 0 Å². The zero-order valence-corrected chi connectivity index (χ0v) is 15.9. The van der Waals surface area contributed by atoms with Crippen LogP contribution in [-0.2, 0) is 4.79 Å². The number of nitrogens with zero attached hydrogens (tertiary/aromatic N) is 5. The second kappa shape index (κ2) is 8.35. The maximum atomic E-state index is 12.6. The molecule has 0 atom stereocenters. The topological polar surface area (TPSA) is 60.0 Å². The van der Waals surface area contributed by atoms with Crippen LogP contribution in [0.25, 0.3) is 0 Å². The van der Waals surface area contributed by atoms with Crippen molar-refractivity contribution in [2.45, 2.75) is 25.3 Å². The maximum Gasteiger partial charge on any atom is 0.255 e. The van der Waals surface area contributed by atoms with Crippen molar-refractivity contribution in [2.24, 2.45) is 0 Å². The van der Waals surface area contributed by atoms with Gasteiger partial charge in [0, 0.05) is 70.8 Å². The smallest absolute Gasteiger partial charge is 0.255 e. The van der Waals surface area contributed by atoms with Gasteiger partial charge >= 0.3 is 0 Å². The lowest BCUT2D eigenvalue weighted by atomic mass is 9.91. The Kier molecular flexibility index (Phi) is 5.69. The number of pyridine rings is 1. The van der Waals surface area contributed by atoms with Gasteiger partial charge in [0.1, 0.15) is 0 Å². The van der Waals surface area contributed by atoms with Gasteiger partial charge in [-0.2, -0.15) is 0 Å². The lowest BCUT2D eigenvalue weighted by Gasteiger charge is -2.43. The van der Waals surface area contributed by atoms with E-state index in [-0.39, 0.29) is 11.8 Å². The minimum absolute atomic E-state index is 0.0289. The van der Waals surface area contributed by atoms with Gasteiger partial charge in [0.15, 0.2) is 0 Å². The van der Waals surface area contributed by atoms with Crippen molar-refractivity contribution in [1.82, 2.24) is 24.6 Å². The molecule has 3 heterocycles. The molecule has 2 saturated heterocycles. The molecule has 3 aliphatic rings. The van der Waals surface area contributed by atoms with E-state index in [1.807, 2.05) is 9.80 Å². The Balaban J connectivity index is 1.20. The van der Waals surface area contributed by atoms with Gasteiger partial charge in [0.25, 0.3) is 5.91 Å². The van der Waals surface area contributed by atoms with Crippen molar-refractivity contribution in [3.05, 3.63) is 30.1 Å². The summed E-state index contributed by atoms with van der Waals surface area (Å²) in [4.78, 5) is 37.7. The van der Waals surface area contributed by atoms with Gasteiger partial charge in [0.2, 0.25) is 5.91 Å². The zero-order valence-electron chi connectivity index (χ0n) is 15.9. The summed E-state index contributed by atoms with van der Waals surface area (Å²) >= 11 is 0. The molecule has 3 fully saturated rings. The minimum atomic E-state index is 0.0289. The number of rotatable bonds is 4. The molecule has 2 amide bonds. The highest BCUT2D eigenvalue weighted by atomic mass is 16.2. The lowest BCUT2D eigenvalue weighted by Crippen LogP contribution is -2.56. The van der Waals surface area contributed by atoms with E-state index >= 15 is 0 Å². The Morgan fingerprint density at radius 2 is 1.67 bits per heavy atom. The van der Waals surface area contributed by atoms with E-state index in [0.29, 0.717) is 25.2 Å². The van der Waals surface area contributed by atoms with Gasteiger partial charge in [-0.05, 0) is 25.0 Å². The molecule has 1 saturated carbocycles. The summed E-state index contributed by atoms with van der Waals surface area (Å²) in [6.07, 6.45) is 7.30.